The second kappa shape index (κ2) is 5.54. The molecule has 0 saturated carbocycles. The van der Waals surface area contributed by atoms with Crippen molar-refractivity contribution in [2.45, 2.75) is 12.1 Å². The maximum atomic E-state index is 4.85. The van der Waals surface area contributed by atoms with Crippen LogP contribution in [0, 0.1) is 0 Å². The van der Waals surface area contributed by atoms with Crippen molar-refractivity contribution in [1.82, 2.24) is 24.8 Å². The van der Waals surface area contributed by atoms with Crippen LogP contribution in [0.25, 0.3) is 10.3 Å². The van der Waals surface area contributed by atoms with Crippen molar-refractivity contribution >= 4 is 32.6 Å². The summed E-state index contributed by atoms with van der Waals surface area (Å²) in [6.07, 6.45) is 1.67. The van der Waals surface area contributed by atoms with Gasteiger partial charge in [-0.2, -0.15) is 0 Å². The zero-order valence-corrected chi connectivity index (χ0v) is 14.9. The molecule has 0 bridgehead atoms. The fraction of sp³-hybridized carbons (Fsp3) is 0.667. The predicted molar refractivity (Wildman–Crippen MR) is 94.6 cm³/mol. The molecule has 124 valence electrons. The zero-order valence-electron chi connectivity index (χ0n) is 14.1. The van der Waals surface area contributed by atoms with Gasteiger partial charge in [0.1, 0.15) is 11.8 Å². The molecule has 2 aliphatic rings. The van der Waals surface area contributed by atoms with Gasteiger partial charge in [-0.15, -0.1) is 0 Å². The minimum atomic E-state index is 0.606. The normalized spacial score (nSPS) is 19.7. The van der Waals surface area contributed by atoms with E-state index in [4.69, 9.17) is 4.98 Å². The molecule has 0 amide bonds. The maximum absolute atomic E-state index is 4.85. The van der Waals surface area contributed by atoms with Crippen LogP contribution < -0.4 is 9.80 Å². The van der Waals surface area contributed by atoms with Crippen LogP contribution >= 0.6 is 11.3 Å². The number of hydrogen-bond donors (Lipinski definition) is 0. The standard InChI is InChI=1S/C15H23N7S/c1-19(2)10-5-21(6-10)13-12-14(17-9-16-13)23-15(18-12)22-7-11(8-22)20(3)4/h9-11H,5-8H2,1-4H3. The molecule has 0 radical (unpaired) electrons. The molecule has 8 heteroatoms. The van der Waals surface area contributed by atoms with E-state index in [0.717, 1.165) is 47.5 Å². The molecule has 2 aromatic rings. The fourth-order valence-corrected chi connectivity index (χ4v) is 3.91. The van der Waals surface area contributed by atoms with E-state index in [1.54, 1.807) is 17.7 Å². The molecule has 2 aromatic heterocycles. The molecule has 0 aliphatic carbocycles. The third-order valence-corrected chi connectivity index (χ3v) is 5.94. The average Bonchev–Trinajstić information content (AvgIpc) is 2.78. The average molecular weight is 333 g/mol. The summed E-state index contributed by atoms with van der Waals surface area (Å²) in [6, 6.07) is 1.23. The second-order valence-corrected chi connectivity index (χ2v) is 7.85. The van der Waals surface area contributed by atoms with Crippen molar-refractivity contribution in [2.24, 2.45) is 0 Å². The van der Waals surface area contributed by atoms with Crippen molar-refractivity contribution in [1.29, 1.82) is 0 Å². The van der Waals surface area contributed by atoms with Crippen LogP contribution in [0.3, 0.4) is 0 Å². The lowest BCUT2D eigenvalue weighted by molar-refractivity contribution is 0.246. The Bertz CT molecular complexity index is 701. The molecule has 2 fully saturated rings. The number of fused-ring (bicyclic) bond motifs is 1. The van der Waals surface area contributed by atoms with E-state index < -0.39 is 0 Å². The number of nitrogens with zero attached hydrogens (tertiary/aromatic N) is 7. The predicted octanol–water partition coefficient (Wildman–Crippen LogP) is 0.587. The summed E-state index contributed by atoms with van der Waals surface area (Å²) in [7, 11) is 8.52. The second-order valence-electron chi connectivity index (χ2n) is 6.89. The van der Waals surface area contributed by atoms with E-state index in [9.17, 15) is 0 Å². The van der Waals surface area contributed by atoms with E-state index in [1.165, 1.54) is 0 Å². The lowest BCUT2D eigenvalue weighted by atomic mass is 10.1. The third kappa shape index (κ3) is 2.54. The first-order chi connectivity index (χ1) is 11.0. The summed E-state index contributed by atoms with van der Waals surface area (Å²) >= 11 is 1.68. The quantitative estimate of drug-likeness (QED) is 0.811. The van der Waals surface area contributed by atoms with Gasteiger partial charge in [0, 0.05) is 38.3 Å². The van der Waals surface area contributed by atoms with E-state index in [2.05, 4.69) is 57.8 Å². The van der Waals surface area contributed by atoms with Crippen LogP contribution in [0.1, 0.15) is 0 Å². The van der Waals surface area contributed by atoms with Gasteiger partial charge in [0.05, 0.1) is 0 Å². The first-order valence-corrected chi connectivity index (χ1v) is 8.79. The summed E-state index contributed by atoms with van der Waals surface area (Å²) in [5, 5.41) is 1.07. The monoisotopic (exact) mass is 333 g/mol. The number of likely N-dealkylation sites (N-methyl/N-ethyl adjacent to an activating group) is 2. The fourth-order valence-electron chi connectivity index (χ4n) is 2.99. The summed E-state index contributed by atoms with van der Waals surface area (Å²) in [6.45, 7) is 4.11. The Kier molecular flexibility index (Phi) is 3.62. The molecule has 0 atom stereocenters. The lowest BCUT2D eigenvalue weighted by Gasteiger charge is -2.43. The van der Waals surface area contributed by atoms with Gasteiger partial charge in [0.15, 0.2) is 15.8 Å². The van der Waals surface area contributed by atoms with E-state index in [1.807, 2.05) is 0 Å². The summed E-state index contributed by atoms with van der Waals surface area (Å²) in [4.78, 5) is 23.9. The van der Waals surface area contributed by atoms with E-state index in [-0.39, 0.29) is 0 Å². The van der Waals surface area contributed by atoms with Gasteiger partial charge in [-0.1, -0.05) is 11.3 Å². The first-order valence-electron chi connectivity index (χ1n) is 7.97. The SMILES string of the molecule is CN(C)C1CN(c2nc3c(N4CC(N(C)C)C4)ncnc3s2)C1. The van der Waals surface area contributed by atoms with Gasteiger partial charge < -0.3 is 19.6 Å². The van der Waals surface area contributed by atoms with E-state index >= 15 is 0 Å². The smallest absolute Gasteiger partial charge is 0.188 e. The molecule has 0 N–H and O–H groups in total. The highest BCUT2D eigenvalue weighted by atomic mass is 32.1. The first kappa shape index (κ1) is 15.0. The Morgan fingerprint density at radius 2 is 1.57 bits per heavy atom. The lowest BCUT2D eigenvalue weighted by Crippen LogP contribution is -2.58. The van der Waals surface area contributed by atoms with Crippen LogP contribution in [0.4, 0.5) is 10.9 Å². The Hall–Kier alpha value is -1.51. The summed E-state index contributed by atoms with van der Waals surface area (Å²) in [5.41, 5.74) is 0.956. The number of rotatable bonds is 4. The Morgan fingerprint density at radius 3 is 2.17 bits per heavy atom. The Labute approximate surface area is 140 Å². The molecule has 0 aromatic carbocycles. The van der Waals surface area contributed by atoms with Crippen molar-refractivity contribution in [2.75, 3.05) is 64.2 Å². The van der Waals surface area contributed by atoms with Crippen LogP contribution in [-0.4, -0.2) is 91.2 Å². The molecule has 4 heterocycles. The van der Waals surface area contributed by atoms with Gasteiger partial charge in [-0.05, 0) is 28.2 Å². The van der Waals surface area contributed by atoms with Gasteiger partial charge in [-0.3, -0.25) is 0 Å². The molecular formula is C15H23N7S. The highest BCUT2D eigenvalue weighted by Gasteiger charge is 2.33. The van der Waals surface area contributed by atoms with Gasteiger partial charge >= 0.3 is 0 Å². The highest BCUT2D eigenvalue weighted by Crippen LogP contribution is 2.35. The molecule has 7 nitrogen and oxygen atoms in total. The van der Waals surface area contributed by atoms with Gasteiger partial charge in [-0.25, -0.2) is 15.0 Å². The molecule has 4 rings (SSSR count). The van der Waals surface area contributed by atoms with Crippen molar-refractivity contribution in [3.63, 3.8) is 0 Å². The Morgan fingerprint density at radius 1 is 0.957 bits per heavy atom. The number of aromatic nitrogens is 3. The molecular weight excluding hydrogens is 310 g/mol. The third-order valence-electron chi connectivity index (χ3n) is 4.92. The Balaban J connectivity index is 1.55. The van der Waals surface area contributed by atoms with Crippen LogP contribution in [-0.2, 0) is 0 Å². The number of hydrogen-bond acceptors (Lipinski definition) is 8. The summed E-state index contributed by atoms with van der Waals surface area (Å²) < 4.78 is 0. The molecule has 0 spiro atoms. The molecule has 2 saturated heterocycles. The van der Waals surface area contributed by atoms with Crippen molar-refractivity contribution in [3.05, 3.63) is 6.33 Å². The molecule has 23 heavy (non-hydrogen) atoms. The minimum absolute atomic E-state index is 0.606. The van der Waals surface area contributed by atoms with Crippen LogP contribution in [0.5, 0.6) is 0 Å². The van der Waals surface area contributed by atoms with Gasteiger partial charge in [0.2, 0.25) is 0 Å². The summed E-state index contributed by atoms with van der Waals surface area (Å²) in [5.74, 6) is 0.986. The van der Waals surface area contributed by atoms with Crippen molar-refractivity contribution < 1.29 is 0 Å². The largest absolute Gasteiger partial charge is 0.351 e. The maximum Gasteiger partial charge on any atom is 0.188 e. The highest BCUT2D eigenvalue weighted by molar-refractivity contribution is 7.21. The molecule has 0 unspecified atom stereocenters. The van der Waals surface area contributed by atoms with Crippen LogP contribution in [0.2, 0.25) is 0 Å². The minimum Gasteiger partial charge on any atom is -0.351 e. The number of anilines is 2. The topological polar surface area (TPSA) is 51.6 Å². The van der Waals surface area contributed by atoms with E-state index in [0.29, 0.717) is 12.1 Å². The number of thiazole rings is 1. The van der Waals surface area contributed by atoms with Crippen LogP contribution in [0.15, 0.2) is 6.33 Å². The molecule has 2 aliphatic heterocycles. The zero-order chi connectivity index (χ0) is 16.1. The van der Waals surface area contributed by atoms with Gasteiger partial charge in [0.25, 0.3) is 0 Å². The van der Waals surface area contributed by atoms with Crippen molar-refractivity contribution in [3.8, 4) is 0 Å².